The van der Waals surface area contributed by atoms with Crippen LogP contribution in [0.5, 0.6) is 0 Å². The average Bonchev–Trinajstić information content (AvgIpc) is 2.79. The molecule has 0 radical (unpaired) electrons. The number of hydrogen-bond donors (Lipinski definition) is 5. The molecule has 1 aliphatic heterocycles. The lowest BCUT2D eigenvalue weighted by molar-refractivity contribution is 0.00393. The van der Waals surface area contributed by atoms with Crippen LogP contribution < -0.4 is 16.8 Å². The van der Waals surface area contributed by atoms with Gasteiger partial charge in [0.2, 0.25) is 0 Å². The number of imidazole rings is 1. The van der Waals surface area contributed by atoms with Crippen molar-refractivity contribution < 1.29 is 23.8 Å². The van der Waals surface area contributed by atoms with Crippen molar-refractivity contribution in [1.29, 1.82) is 0 Å². The first-order chi connectivity index (χ1) is 10.3. The summed E-state index contributed by atoms with van der Waals surface area (Å²) >= 11 is 0. The highest BCUT2D eigenvalue weighted by molar-refractivity contribution is 7.51. The molecule has 0 aliphatic carbocycles. The summed E-state index contributed by atoms with van der Waals surface area (Å²) in [7, 11) is -2.79. The fraction of sp³-hybridized carbons (Fsp3) is 0.600. The second kappa shape index (κ2) is 6.73. The van der Waals surface area contributed by atoms with Gasteiger partial charge in [-0.1, -0.05) is 0 Å². The summed E-state index contributed by atoms with van der Waals surface area (Å²) in [6.07, 6.45) is -0.396. The lowest BCUT2D eigenvalue weighted by Crippen LogP contribution is -2.33. The van der Waals surface area contributed by atoms with Crippen molar-refractivity contribution in [3.05, 3.63) is 12.0 Å². The summed E-state index contributed by atoms with van der Waals surface area (Å²) in [5.41, 5.74) is 12.0. The maximum Gasteiger partial charge on any atom is 0.350 e. The van der Waals surface area contributed by atoms with Gasteiger partial charge in [-0.25, -0.2) is 9.98 Å². The number of nitrogens with zero attached hydrogens (tertiary/aromatic N) is 3. The van der Waals surface area contributed by atoms with Crippen molar-refractivity contribution in [3.63, 3.8) is 0 Å². The number of guanidine groups is 1. The molecule has 7 N–H and O–H groups in total. The third-order valence-electron chi connectivity index (χ3n) is 2.90. The fourth-order valence-corrected chi connectivity index (χ4v) is 2.42. The van der Waals surface area contributed by atoms with Crippen molar-refractivity contribution >= 4 is 19.4 Å². The largest absolute Gasteiger partial charge is 0.382 e. The Bertz CT molecular complexity index is 599. The maximum absolute atomic E-state index is 10.9. The second-order valence-electron chi connectivity index (χ2n) is 4.75. The summed E-state index contributed by atoms with van der Waals surface area (Å²) in [4.78, 5) is 25.9. The Morgan fingerprint density at radius 2 is 2.32 bits per heavy atom. The Kier molecular flexibility index (Phi) is 5.16. The highest BCUT2D eigenvalue weighted by Gasteiger charge is 2.25. The van der Waals surface area contributed by atoms with Gasteiger partial charge in [0, 0.05) is 7.11 Å². The molecule has 0 spiro atoms. The van der Waals surface area contributed by atoms with Gasteiger partial charge in [-0.15, -0.1) is 0 Å². The molecule has 22 heavy (non-hydrogen) atoms. The van der Waals surface area contributed by atoms with Gasteiger partial charge >= 0.3 is 7.60 Å². The number of anilines is 1. The molecule has 1 unspecified atom stereocenters. The minimum absolute atomic E-state index is 0.155. The van der Waals surface area contributed by atoms with Crippen molar-refractivity contribution in [2.75, 3.05) is 25.4 Å². The molecule has 0 aromatic carbocycles. The van der Waals surface area contributed by atoms with Crippen LogP contribution in [0.3, 0.4) is 0 Å². The third kappa shape index (κ3) is 4.26. The van der Waals surface area contributed by atoms with Gasteiger partial charge in [0.1, 0.15) is 24.0 Å². The molecule has 0 bridgehead atoms. The second-order valence-corrected chi connectivity index (χ2v) is 6.34. The number of rotatable bonds is 7. The third-order valence-corrected chi connectivity index (χ3v) is 3.39. The predicted molar refractivity (Wildman–Crippen MR) is 78.1 cm³/mol. The molecule has 1 aliphatic rings. The van der Waals surface area contributed by atoms with E-state index in [9.17, 15) is 4.57 Å². The molecule has 2 heterocycles. The van der Waals surface area contributed by atoms with Crippen molar-refractivity contribution in [2.45, 2.75) is 18.8 Å². The molecule has 0 fully saturated rings. The van der Waals surface area contributed by atoms with Gasteiger partial charge in [-0.2, -0.15) is 0 Å². The topological polar surface area (TPSA) is 170 Å². The fourth-order valence-electron chi connectivity index (χ4n) is 2.01. The maximum atomic E-state index is 10.9. The zero-order chi connectivity index (χ0) is 16.3. The molecule has 124 valence electrons. The van der Waals surface area contributed by atoms with Crippen LogP contribution in [0.1, 0.15) is 11.9 Å². The quantitative estimate of drug-likeness (QED) is 0.382. The van der Waals surface area contributed by atoms with E-state index in [2.05, 4.69) is 15.3 Å². The molecule has 12 heteroatoms. The average molecular weight is 334 g/mol. The number of hydrogen-bond acceptors (Lipinski definition) is 8. The van der Waals surface area contributed by atoms with Crippen molar-refractivity contribution in [1.82, 2.24) is 9.55 Å². The van der Waals surface area contributed by atoms with E-state index in [0.717, 1.165) is 0 Å². The predicted octanol–water partition coefficient (Wildman–Crippen LogP) is -1.25. The van der Waals surface area contributed by atoms with Gasteiger partial charge in [-0.05, 0) is 0 Å². The lowest BCUT2D eigenvalue weighted by Gasteiger charge is -2.22. The summed E-state index contributed by atoms with van der Waals surface area (Å²) in [6.45, 7) is 0.408. The molecule has 2 atom stereocenters. The molecule has 2 rings (SSSR count). The highest BCUT2D eigenvalue weighted by Crippen LogP contribution is 2.34. The zero-order valence-corrected chi connectivity index (χ0v) is 12.8. The van der Waals surface area contributed by atoms with Gasteiger partial charge in [0.05, 0.1) is 25.6 Å². The van der Waals surface area contributed by atoms with Crippen LogP contribution in [0.4, 0.5) is 5.82 Å². The molecular formula is C10H19N6O5P. The number of aliphatic imine (C=N–C) groups is 1. The first kappa shape index (κ1) is 16.9. The summed E-state index contributed by atoms with van der Waals surface area (Å²) in [5.74, 6) is 0.738. The van der Waals surface area contributed by atoms with Gasteiger partial charge in [0.25, 0.3) is 0 Å². The van der Waals surface area contributed by atoms with E-state index in [1.165, 1.54) is 13.4 Å². The van der Waals surface area contributed by atoms with Gasteiger partial charge in [-0.3, -0.25) is 4.57 Å². The van der Waals surface area contributed by atoms with E-state index in [4.69, 9.17) is 30.7 Å². The van der Waals surface area contributed by atoms with E-state index in [1.807, 2.05) is 0 Å². The first-order valence-corrected chi connectivity index (χ1v) is 8.16. The number of ether oxygens (including phenoxy) is 2. The zero-order valence-electron chi connectivity index (χ0n) is 11.9. The Morgan fingerprint density at radius 1 is 1.59 bits per heavy atom. The lowest BCUT2D eigenvalue weighted by atomic mass is 10.3. The minimum atomic E-state index is -4.25. The molecule has 0 saturated carbocycles. The first-order valence-electron chi connectivity index (χ1n) is 6.36. The van der Waals surface area contributed by atoms with Crippen LogP contribution in [-0.2, 0) is 20.6 Å². The van der Waals surface area contributed by atoms with Gasteiger partial charge in [0.15, 0.2) is 5.96 Å². The standard InChI is InChI=1S/C10H19N6O5P/c1-20-3-6(21-5-22(17,18)19)2-16-4-13-7-8(11)14-10(12)15-9(7)16/h4,6,8H,2-3,5,11H2,1H3,(H3,12,14,15)(H2,17,18,19)/t6-,8?/m0/s1. The van der Waals surface area contributed by atoms with Gasteiger partial charge < -0.3 is 40.6 Å². The molecule has 0 amide bonds. The summed E-state index contributed by atoms with van der Waals surface area (Å²) < 4.78 is 22.8. The van der Waals surface area contributed by atoms with Crippen LogP contribution in [0, 0.1) is 0 Å². The Labute approximate surface area is 126 Å². The minimum Gasteiger partial charge on any atom is -0.382 e. The molecule has 1 aromatic heterocycles. The van der Waals surface area contributed by atoms with Crippen molar-refractivity contribution in [3.8, 4) is 0 Å². The van der Waals surface area contributed by atoms with E-state index < -0.39 is 26.2 Å². The Morgan fingerprint density at radius 3 is 2.95 bits per heavy atom. The van der Waals surface area contributed by atoms with E-state index >= 15 is 0 Å². The van der Waals surface area contributed by atoms with Crippen LogP contribution in [0.2, 0.25) is 0 Å². The number of methoxy groups -OCH3 is 1. The van der Waals surface area contributed by atoms with E-state index in [-0.39, 0.29) is 19.1 Å². The Balaban J connectivity index is 2.10. The summed E-state index contributed by atoms with van der Waals surface area (Å²) in [6, 6.07) is 0. The van der Waals surface area contributed by atoms with Crippen LogP contribution in [0.15, 0.2) is 11.3 Å². The number of fused-ring (bicyclic) bond motifs is 1. The molecular weight excluding hydrogens is 315 g/mol. The molecule has 11 nitrogen and oxygen atoms in total. The molecule has 1 aromatic rings. The molecule has 0 saturated heterocycles. The van der Waals surface area contributed by atoms with Crippen LogP contribution in [0.25, 0.3) is 0 Å². The number of nitrogens with two attached hydrogens (primary N) is 2. The van der Waals surface area contributed by atoms with E-state index in [1.54, 1.807) is 4.57 Å². The normalized spacial score (nSPS) is 19.3. The smallest absolute Gasteiger partial charge is 0.350 e. The number of nitrogens with one attached hydrogen (secondary N) is 1. The van der Waals surface area contributed by atoms with E-state index in [0.29, 0.717) is 11.5 Å². The highest BCUT2D eigenvalue weighted by atomic mass is 31.2. The summed E-state index contributed by atoms with van der Waals surface area (Å²) in [5, 5.41) is 2.86. The Hall–Kier alpha value is -1.49. The monoisotopic (exact) mass is 334 g/mol. The number of aromatic nitrogens is 2. The van der Waals surface area contributed by atoms with Crippen molar-refractivity contribution in [2.24, 2.45) is 16.5 Å². The SMILES string of the molecule is COC[C@H](Cn1cnc2c1NC(N)=NC2N)OCP(=O)(O)O. The van der Waals surface area contributed by atoms with Crippen LogP contribution >= 0.6 is 7.60 Å². The van der Waals surface area contributed by atoms with Crippen LogP contribution in [-0.4, -0.2) is 51.5 Å².